The summed E-state index contributed by atoms with van der Waals surface area (Å²) in [7, 11) is 0. The van der Waals surface area contributed by atoms with Crippen LogP contribution in [0.25, 0.3) is 0 Å². The van der Waals surface area contributed by atoms with Crippen LogP contribution in [0.5, 0.6) is 0 Å². The molecule has 0 radical (unpaired) electrons. The molecule has 0 saturated carbocycles. The van der Waals surface area contributed by atoms with E-state index >= 15 is 0 Å². The number of aryl methyl sites for hydroxylation is 1. The summed E-state index contributed by atoms with van der Waals surface area (Å²) in [6.07, 6.45) is 1.62. The van der Waals surface area contributed by atoms with Crippen molar-refractivity contribution < 1.29 is 13.6 Å². The summed E-state index contributed by atoms with van der Waals surface area (Å²) >= 11 is 5.92. The number of amides is 1. The first-order valence-corrected chi connectivity index (χ1v) is 8.94. The van der Waals surface area contributed by atoms with E-state index in [1.165, 1.54) is 4.90 Å². The molecule has 1 heterocycles. The summed E-state index contributed by atoms with van der Waals surface area (Å²) in [6, 6.07) is 4.60. The molecule has 26 heavy (non-hydrogen) atoms. The van der Waals surface area contributed by atoms with Gasteiger partial charge in [0.1, 0.15) is 11.6 Å². The fourth-order valence-electron chi connectivity index (χ4n) is 2.72. The van der Waals surface area contributed by atoms with Gasteiger partial charge in [0.15, 0.2) is 5.15 Å². The van der Waals surface area contributed by atoms with Crippen LogP contribution in [0.15, 0.2) is 24.3 Å². The molecule has 0 N–H and O–H groups in total. The highest BCUT2D eigenvalue weighted by Crippen LogP contribution is 2.19. The standard InChI is InChI=1S/C19H22ClF2N3O/c1-4-5-13-8-18(20)24-23-17(13)11-25(10-12(2)3)19(26)15-9-14(21)6-7-16(15)22/h6-9,12H,4-5,10-11H2,1-3H3. The lowest BCUT2D eigenvalue weighted by Gasteiger charge is -2.25. The zero-order valence-corrected chi connectivity index (χ0v) is 15.9. The summed E-state index contributed by atoms with van der Waals surface area (Å²) < 4.78 is 27.5. The Morgan fingerprint density at radius 1 is 1.23 bits per heavy atom. The molecule has 0 saturated heterocycles. The molecule has 0 aliphatic heterocycles. The minimum Gasteiger partial charge on any atom is -0.332 e. The monoisotopic (exact) mass is 381 g/mol. The highest BCUT2D eigenvalue weighted by Gasteiger charge is 2.23. The lowest BCUT2D eigenvalue weighted by molar-refractivity contribution is 0.0714. The van der Waals surface area contributed by atoms with Crippen molar-refractivity contribution in [3.05, 3.63) is 57.9 Å². The Labute approximate surface area is 157 Å². The number of hydrogen-bond donors (Lipinski definition) is 0. The van der Waals surface area contributed by atoms with Gasteiger partial charge in [-0.1, -0.05) is 38.8 Å². The van der Waals surface area contributed by atoms with Gasteiger partial charge in [-0.2, -0.15) is 5.10 Å². The van der Waals surface area contributed by atoms with Crippen LogP contribution in [0.4, 0.5) is 8.78 Å². The molecular weight excluding hydrogens is 360 g/mol. The van der Waals surface area contributed by atoms with Gasteiger partial charge < -0.3 is 4.90 Å². The van der Waals surface area contributed by atoms with Crippen molar-refractivity contribution >= 4 is 17.5 Å². The predicted octanol–water partition coefficient (Wildman–Crippen LogP) is 4.66. The summed E-state index contributed by atoms with van der Waals surface area (Å²) in [5, 5.41) is 8.26. The number of carbonyl (C=O) groups excluding carboxylic acids is 1. The van der Waals surface area contributed by atoms with E-state index in [4.69, 9.17) is 11.6 Å². The third-order valence-electron chi connectivity index (χ3n) is 3.82. The van der Waals surface area contributed by atoms with Gasteiger partial charge in [0.05, 0.1) is 17.8 Å². The van der Waals surface area contributed by atoms with Crippen LogP contribution in [0, 0.1) is 17.6 Å². The zero-order chi connectivity index (χ0) is 19.3. The first-order valence-electron chi connectivity index (χ1n) is 8.57. The van der Waals surface area contributed by atoms with Crippen molar-refractivity contribution in [2.75, 3.05) is 6.54 Å². The Kier molecular flexibility index (Phi) is 7.03. The number of benzene rings is 1. The molecule has 1 amide bonds. The number of carbonyl (C=O) groups is 1. The molecule has 0 spiro atoms. The summed E-state index contributed by atoms with van der Waals surface area (Å²) in [5.41, 5.74) is 1.22. The lowest BCUT2D eigenvalue weighted by Crippen LogP contribution is -2.35. The van der Waals surface area contributed by atoms with E-state index < -0.39 is 17.5 Å². The van der Waals surface area contributed by atoms with Gasteiger partial charge in [-0.05, 0) is 42.2 Å². The maximum absolute atomic E-state index is 14.0. The van der Waals surface area contributed by atoms with Crippen LogP contribution < -0.4 is 0 Å². The Balaban J connectivity index is 2.36. The van der Waals surface area contributed by atoms with E-state index in [0.29, 0.717) is 12.2 Å². The Morgan fingerprint density at radius 3 is 2.62 bits per heavy atom. The number of halogens is 3. The highest BCUT2D eigenvalue weighted by molar-refractivity contribution is 6.29. The molecule has 0 aliphatic carbocycles. The van der Waals surface area contributed by atoms with Crippen LogP contribution in [0.3, 0.4) is 0 Å². The van der Waals surface area contributed by atoms with Gasteiger partial charge in [-0.3, -0.25) is 4.79 Å². The molecule has 0 aliphatic rings. The summed E-state index contributed by atoms with van der Waals surface area (Å²) in [5.74, 6) is -1.83. The Hall–Kier alpha value is -2.08. The second-order valence-electron chi connectivity index (χ2n) is 6.59. The quantitative estimate of drug-likeness (QED) is 0.700. The third-order valence-corrected chi connectivity index (χ3v) is 4.01. The van der Waals surface area contributed by atoms with E-state index in [0.717, 1.165) is 36.6 Å². The number of rotatable bonds is 7. The minimum absolute atomic E-state index is 0.144. The number of aromatic nitrogens is 2. The average Bonchev–Trinajstić information content (AvgIpc) is 2.58. The summed E-state index contributed by atoms with van der Waals surface area (Å²) in [4.78, 5) is 14.3. The van der Waals surface area contributed by atoms with Crippen LogP contribution >= 0.6 is 11.6 Å². The van der Waals surface area contributed by atoms with E-state index in [2.05, 4.69) is 10.2 Å². The molecule has 0 atom stereocenters. The SMILES string of the molecule is CCCc1cc(Cl)nnc1CN(CC(C)C)C(=O)c1cc(F)ccc1F. The van der Waals surface area contributed by atoms with E-state index in [-0.39, 0.29) is 23.2 Å². The van der Waals surface area contributed by atoms with Crippen molar-refractivity contribution in [2.24, 2.45) is 5.92 Å². The number of hydrogen-bond acceptors (Lipinski definition) is 3. The molecule has 2 rings (SSSR count). The van der Waals surface area contributed by atoms with Crippen LogP contribution in [-0.2, 0) is 13.0 Å². The van der Waals surface area contributed by atoms with Gasteiger partial charge in [0.2, 0.25) is 0 Å². The van der Waals surface area contributed by atoms with Crippen molar-refractivity contribution in [3.63, 3.8) is 0 Å². The molecule has 1 aromatic heterocycles. The molecule has 0 fully saturated rings. The molecule has 0 bridgehead atoms. The molecule has 1 aromatic carbocycles. The van der Waals surface area contributed by atoms with Crippen molar-refractivity contribution in [1.29, 1.82) is 0 Å². The summed E-state index contributed by atoms with van der Waals surface area (Å²) in [6.45, 7) is 6.46. The van der Waals surface area contributed by atoms with Crippen LogP contribution in [0.1, 0.15) is 48.8 Å². The van der Waals surface area contributed by atoms with Gasteiger partial charge in [0.25, 0.3) is 5.91 Å². The van der Waals surface area contributed by atoms with Crippen molar-refractivity contribution in [2.45, 2.75) is 40.2 Å². The smallest absolute Gasteiger partial charge is 0.257 e. The second kappa shape index (κ2) is 9.03. The Morgan fingerprint density at radius 2 is 1.96 bits per heavy atom. The normalized spacial score (nSPS) is 11.0. The van der Waals surface area contributed by atoms with Gasteiger partial charge in [-0.15, -0.1) is 5.10 Å². The van der Waals surface area contributed by atoms with E-state index in [1.807, 2.05) is 20.8 Å². The molecule has 7 heteroatoms. The largest absolute Gasteiger partial charge is 0.332 e. The third kappa shape index (κ3) is 5.21. The lowest BCUT2D eigenvalue weighted by atomic mass is 10.1. The molecule has 140 valence electrons. The zero-order valence-electron chi connectivity index (χ0n) is 15.1. The molecule has 0 unspecified atom stereocenters. The fraction of sp³-hybridized carbons (Fsp3) is 0.421. The van der Waals surface area contributed by atoms with Crippen LogP contribution in [-0.4, -0.2) is 27.5 Å². The van der Waals surface area contributed by atoms with Crippen LogP contribution in [0.2, 0.25) is 5.15 Å². The van der Waals surface area contributed by atoms with Gasteiger partial charge in [0, 0.05) is 6.54 Å². The van der Waals surface area contributed by atoms with E-state index in [1.54, 1.807) is 6.07 Å². The van der Waals surface area contributed by atoms with Crippen molar-refractivity contribution in [3.8, 4) is 0 Å². The first-order chi connectivity index (χ1) is 12.3. The molecular formula is C19H22ClF2N3O. The van der Waals surface area contributed by atoms with E-state index in [9.17, 15) is 13.6 Å². The highest BCUT2D eigenvalue weighted by atomic mass is 35.5. The second-order valence-corrected chi connectivity index (χ2v) is 6.98. The maximum atomic E-state index is 14.0. The first kappa shape index (κ1) is 20.2. The average molecular weight is 382 g/mol. The fourth-order valence-corrected chi connectivity index (χ4v) is 2.89. The predicted molar refractivity (Wildman–Crippen MR) is 97.0 cm³/mol. The van der Waals surface area contributed by atoms with Gasteiger partial charge >= 0.3 is 0 Å². The maximum Gasteiger partial charge on any atom is 0.257 e. The molecule has 4 nitrogen and oxygen atoms in total. The molecule has 2 aromatic rings. The van der Waals surface area contributed by atoms with Crippen molar-refractivity contribution in [1.82, 2.24) is 15.1 Å². The van der Waals surface area contributed by atoms with Gasteiger partial charge in [-0.25, -0.2) is 8.78 Å². The Bertz CT molecular complexity index is 783. The topological polar surface area (TPSA) is 46.1 Å². The minimum atomic E-state index is -0.749. The number of nitrogens with zero attached hydrogens (tertiary/aromatic N) is 3.